The summed E-state index contributed by atoms with van der Waals surface area (Å²) in [6.07, 6.45) is 0. The molecule has 14 aromatic rings. The van der Waals surface area contributed by atoms with Gasteiger partial charge in [0.05, 0.1) is 16.7 Å². The number of nitrogens with zero attached hydrogens (tertiary/aromatic N) is 4. The average Bonchev–Trinajstić information content (AvgIpc) is 3.64. The summed E-state index contributed by atoms with van der Waals surface area (Å²) in [5.74, 6) is 0. The molecule has 82 heavy (non-hydrogen) atoms. The Morgan fingerprint density at radius 1 is 0.366 bits per heavy atom. The Hall–Kier alpha value is -9.78. The lowest BCUT2D eigenvalue weighted by atomic mass is 9.33. The lowest BCUT2D eigenvalue weighted by Gasteiger charge is -2.44. The van der Waals surface area contributed by atoms with Crippen molar-refractivity contribution >= 4 is 140 Å². The molecule has 0 fully saturated rings. The first kappa shape index (κ1) is 48.2. The summed E-state index contributed by atoms with van der Waals surface area (Å²) >= 11 is 0. The van der Waals surface area contributed by atoms with Gasteiger partial charge in [0.2, 0.25) is 0 Å². The van der Waals surface area contributed by atoms with Crippen molar-refractivity contribution in [2.24, 2.45) is 0 Å². The van der Waals surface area contributed by atoms with Crippen LogP contribution in [0, 0.1) is 0 Å². The van der Waals surface area contributed by atoms with E-state index in [0.29, 0.717) is 0 Å². The van der Waals surface area contributed by atoms with E-state index in [1.54, 1.807) is 0 Å². The van der Waals surface area contributed by atoms with Crippen LogP contribution < -0.4 is 31.1 Å². The monoisotopic (exact) mass is 1050 g/mol. The minimum absolute atomic E-state index is 0.00401. The van der Waals surface area contributed by atoms with Gasteiger partial charge >= 0.3 is 0 Å². The molecule has 0 bridgehead atoms. The molecule has 0 N–H and O–H groups in total. The Labute approximate surface area is 478 Å². The number of rotatable bonds is 6. The van der Waals surface area contributed by atoms with Crippen LogP contribution in [-0.4, -0.2) is 11.3 Å². The van der Waals surface area contributed by atoms with Gasteiger partial charge in [-0.3, -0.25) is 0 Å². The van der Waals surface area contributed by atoms with Gasteiger partial charge in [-0.25, -0.2) is 0 Å². The van der Waals surface area contributed by atoms with E-state index in [0.717, 1.165) is 61.8 Å². The largest absolute Gasteiger partial charge is 0.456 e. The lowest BCUT2D eigenvalue weighted by molar-refractivity contribution is 0.590. The maximum atomic E-state index is 6.47. The summed E-state index contributed by atoms with van der Waals surface area (Å²) in [6, 6.07) is 92.9. The van der Waals surface area contributed by atoms with Crippen LogP contribution in [0.3, 0.4) is 0 Å². The predicted octanol–water partition coefficient (Wildman–Crippen LogP) is 19.1. The van der Waals surface area contributed by atoms with Crippen LogP contribution in [0.4, 0.5) is 51.2 Å². The highest BCUT2D eigenvalue weighted by Gasteiger charge is 2.45. The second-order valence-electron chi connectivity index (χ2n) is 24.5. The van der Waals surface area contributed by atoms with E-state index in [1.165, 1.54) is 87.9 Å². The molecular formula is C76H59BN4O. The zero-order valence-electron chi connectivity index (χ0n) is 46.9. The fraction of sp³-hybridized carbons (Fsp3) is 0.105. The minimum Gasteiger partial charge on any atom is -0.456 e. The molecule has 4 heterocycles. The topological polar surface area (TPSA) is 27.8 Å². The summed E-state index contributed by atoms with van der Waals surface area (Å²) in [5.41, 5.74) is 21.8. The third-order valence-corrected chi connectivity index (χ3v) is 17.6. The maximum Gasteiger partial charge on any atom is 0.252 e. The number of hydrogen-bond donors (Lipinski definition) is 0. The summed E-state index contributed by atoms with van der Waals surface area (Å²) in [7, 11) is 0. The fourth-order valence-electron chi connectivity index (χ4n) is 13.6. The van der Waals surface area contributed by atoms with Crippen molar-refractivity contribution in [3.05, 3.63) is 260 Å². The molecular weight excluding hydrogens is 996 g/mol. The standard InChI is InChI=1S/C76H59BN4O/c1-75(2,3)50-30-35-53(36-31-50)80-67-24-16-25-68-73(67)77(64-42-43-66-72(74(64)81(68)54-37-32-51(33-38-54)76(4,5)6)60-22-12-14-23-65(60)79(66)52-18-8-7-9-19-52)63-41-39-57(47-69(63)80)78(56-40-44-71-62(46-56)59-21-13-15-26-70(59)82-71)55-34-29-49-28-27-48-17-10-11-20-58(48)61(49)45-55/h7-47H,1-6H3. The predicted molar refractivity (Wildman–Crippen MR) is 349 cm³/mol. The summed E-state index contributed by atoms with van der Waals surface area (Å²) in [4.78, 5) is 7.59. The van der Waals surface area contributed by atoms with Gasteiger partial charge in [0.1, 0.15) is 11.2 Å². The first-order chi connectivity index (χ1) is 39.9. The molecule has 5 nitrogen and oxygen atoms in total. The van der Waals surface area contributed by atoms with Crippen LogP contribution in [-0.2, 0) is 10.8 Å². The molecule has 2 aliphatic rings. The van der Waals surface area contributed by atoms with E-state index in [4.69, 9.17) is 4.42 Å². The van der Waals surface area contributed by atoms with Crippen molar-refractivity contribution in [2.45, 2.75) is 52.4 Å². The molecule has 0 saturated heterocycles. The molecule has 0 radical (unpaired) electrons. The van der Waals surface area contributed by atoms with Gasteiger partial charge in [-0.05, 0) is 169 Å². The van der Waals surface area contributed by atoms with Crippen LogP contribution in [0.2, 0.25) is 0 Å². The number of anilines is 9. The molecule has 6 heteroatoms. The third kappa shape index (κ3) is 7.33. The van der Waals surface area contributed by atoms with E-state index in [2.05, 4.69) is 303 Å². The minimum atomic E-state index is -0.113. The molecule has 2 aliphatic heterocycles. The number of aromatic nitrogens is 1. The average molecular weight is 1060 g/mol. The highest BCUT2D eigenvalue weighted by molar-refractivity contribution is 7.00. The fourth-order valence-corrected chi connectivity index (χ4v) is 13.6. The Kier molecular flexibility index (Phi) is 10.5. The molecule has 392 valence electrons. The second kappa shape index (κ2) is 17.9. The van der Waals surface area contributed by atoms with Gasteiger partial charge in [-0.1, -0.05) is 181 Å². The molecule has 0 aliphatic carbocycles. The molecule has 16 rings (SSSR count). The van der Waals surface area contributed by atoms with Gasteiger partial charge in [-0.2, -0.15) is 0 Å². The molecule has 0 spiro atoms. The highest BCUT2D eigenvalue weighted by atomic mass is 16.3. The Morgan fingerprint density at radius 2 is 0.915 bits per heavy atom. The zero-order valence-corrected chi connectivity index (χ0v) is 46.9. The van der Waals surface area contributed by atoms with Crippen molar-refractivity contribution in [1.29, 1.82) is 0 Å². The van der Waals surface area contributed by atoms with Crippen LogP contribution >= 0.6 is 0 Å². The number of benzene rings is 12. The first-order valence-electron chi connectivity index (χ1n) is 28.8. The summed E-state index contributed by atoms with van der Waals surface area (Å²) < 4.78 is 8.93. The van der Waals surface area contributed by atoms with Gasteiger partial charge < -0.3 is 23.7 Å². The molecule has 0 amide bonds. The van der Waals surface area contributed by atoms with Gasteiger partial charge in [0, 0.05) is 72.7 Å². The SMILES string of the molecule is CC(C)(C)c1ccc(N2c3cc(N(c4ccc5ccc6ccccc6c5c4)c4ccc5oc6ccccc6c5c4)ccc3B3c4ccc5c(c4N(c4ccc(C(C)(C)C)cc4)c4cccc2c43)c2ccccc2n5-c2ccccc2)cc1. The summed E-state index contributed by atoms with van der Waals surface area (Å²) in [6.45, 7) is 13.7. The van der Waals surface area contributed by atoms with E-state index >= 15 is 0 Å². The highest BCUT2D eigenvalue weighted by Crippen LogP contribution is 2.50. The third-order valence-electron chi connectivity index (χ3n) is 17.6. The molecule has 0 saturated carbocycles. The van der Waals surface area contributed by atoms with E-state index < -0.39 is 0 Å². The van der Waals surface area contributed by atoms with Crippen LogP contribution in [0.25, 0.3) is 71.0 Å². The molecule has 0 atom stereocenters. The lowest BCUT2D eigenvalue weighted by Crippen LogP contribution is -2.61. The van der Waals surface area contributed by atoms with Gasteiger partial charge in [0.25, 0.3) is 6.71 Å². The number of fused-ring (bicyclic) bond motifs is 14. The quantitative estimate of drug-likeness (QED) is 0.123. The van der Waals surface area contributed by atoms with Crippen molar-refractivity contribution in [1.82, 2.24) is 4.57 Å². The normalized spacial score (nSPS) is 13.2. The van der Waals surface area contributed by atoms with Crippen LogP contribution in [0.1, 0.15) is 52.7 Å². The Bertz CT molecular complexity index is 4910. The van der Waals surface area contributed by atoms with Gasteiger partial charge in [0.15, 0.2) is 0 Å². The molecule has 12 aromatic carbocycles. The molecule has 0 unspecified atom stereocenters. The van der Waals surface area contributed by atoms with Crippen molar-refractivity contribution in [3.63, 3.8) is 0 Å². The van der Waals surface area contributed by atoms with Crippen molar-refractivity contribution < 1.29 is 4.42 Å². The second-order valence-corrected chi connectivity index (χ2v) is 24.5. The first-order valence-corrected chi connectivity index (χ1v) is 28.8. The van der Waals surface area contributed by atoms with Crippen molar-refractivity contribution in [3.8, 4) is 5.69 Å². The molecule has 2 aromatic heterocycles. The van der Waals surface area contributed by atoms with Crippen LogP contribution in [0.5, 0.6) is 0 Å². The Balaban J connectivity index is 0.985. The Morgan fingerprint density at radius 3 is 1.65 bits per heavy atom. The van der Waals surface area contributed by atoms with Crippen LogP contribution in [0.15, 0.2) is 253 Å². The zero-order chi connectivity index (χ0) is 55.2. The maximum absolute atomic E-state index is 6.47. The number of furan rings is 1. The van der Waals surface area contributed by atoms with E-state index in [-0.39, 0.29) is 17.5 Å². The van der Waals surface area contributed by atoms with Crippen molar-refractivity contribution in [2.75, 3.05) is 14.7 Å². The van der Waals surface area contributed by atoms with E-state index in [1.807, 2.05) is 6.07 Å². The van der Waals surface area contributed by atoms with Gasteiger partial charge in [-0.15, -0.1) is 0 Å². The number of hydrogen-bond acceptors (Lipinski definition) is 4. The van der Waals surface area contributed by atoms with E-state index in [9.17, 15) is 0 Å². The number of para-hydroxylation sites is 3. The summed E-state index contributed by atoms with van der Waals surface area (Å²) in [5, 5.41) is 9.52. The smallest absolute Gasteiger partial charge is 0.252 e.